The number of hydrogen-bond acceptors (Lipinski definition) is 5. The van der Waals surface area contributed by atoms with Crippen LogP contribution in [0.2, 0.25) is 0 Å². The van der Waals surface area contributed by atoms with Crippen LogP contribution in [-0.4, -0.2) is 25.7 Å². The Hall–Kier alpha value is -2.04. The summed E-state index contributed by atoms with van der Waals surface area (Å²) in [6, 6.07) is 7.35. The molecule has 0 saturated heterocycles. The topological polar surface area (TPSA) is 61.8 Å². The number of rotatable bonds is 7. The molecule has 1 aromatic rings. The maximum Gasteiger partial charge on any atom is 0.303 e. The van der Waals surface area contributed by atoms with Crippen molar-refractivity contribution in [3.8, 4) is 5.75 Å². The zero-order valence-electron chi connectivity index (χ0n) is 12.0. The summed E-state index contributed by atoms with van der Waals surface area (Å²) in [6.07, 6.45) is 0.886. The van der Waals surface area contributed by atoms with Crippen molar-refractivity contribution in [1.82, 2.24) is 0 Å². The Morgan fingerprint density at radius 1 is 1.10 bits per heavy atom. The number of benzene rings is 1. The second-order valence-corrected chi connectivity index (χ2v) is 4.35. The van der Waals surface area contributed by atoms with Crippen molar-refractivity contribution in [1.29, 1.82) is 0 Å². The summed E-state index contributed by atoms with van der Waals surface area (Å²) in [6.45, 7) is 3.07. The summed E-state index contributed by atoms with van der Waals surface area (Å²) in [5.41, 5.74) is 0.892. The maximum atomic E-state index is 11.2. The van der Waals surface area contributed by atoms with Crippen molar-refractivity contribution in [3.05, 3.63) is 29.8 Å². The zero-order valence-corrected chi connectivity index (χ0v) is 12.0. The fraction of sp³-hybridized carbons (Fsp3) is 0.467. The normalized spacial score (nSPS) is 11.6. The van der Waals surface area contributed by atoms with E-state index < -0.39 is 0 Å². The number of carbonyl (C=O) groups is 2. The first-order valence-corrected chi connectivity index (χ1v) is 6.47. The molecule has 0 bridgehead atoms. The van der Waals surface area contributed by atoms with Crippen molar-refractivity contribution in [3.63, 3.8) is 0 Å². The first-order valence-electron chi connectivity index (χ1n) is 6.47. The van der Waals surface area contributed by atoms with Crippen molar-refractivity contribution in [2.24, 2.45) is 0 Å². The highest BCUT2D eigenvalue weighted by atomic mass is 16.5. The van der Waals surface area contributed by atoms with Crippen LogP contribution in [0.15, 0.2) is 24.3 Å². The number of methoxy groups -OCH3 is 1. The molecule has 0 heterocycles. The third-order valence-electron chi connectivity index (χ3n) is 2.71. The van der Waals surface area contributed by atoms with Crippen molar-refractivity contribution < 1.29 is 23.8 Å². The Bertz CT molecular complexity index is 438. The predicted molar refractivity (Wildman–Crippen MR) is 73.4 cm³/mol. The van der Waals surface area contributed by atoms with Crippen LogP contribution in [0, 0.1) is 0 Å². The zero-order chi connectivity index (χ0) is 15.0. The van der Waals surface area contributed by atoms with Gasteiger partial charge in [-0.05, 0) is 30.5 Å². The SMILES string of the molecule is COc1ccc(C(CCCOC(C)=O)OC(C)=O)cc1. The molecule has 110 valence electrons. The smallest absolute Gasteiger partial charge is 0.303 e. The highest BCUT2D eigenvalue weighted by Crippen LogP contribution is 2.25. The molecule has 0 aromatic heterocycles. The third kappa shape index (κ3) is 5.73. The first-order chi connectivity index (χ1) is 9.52. The molecule has 0 radical (unpaired) electrons. The molecule has 1 aromatic carbocycles. The summed E-state index contributed by atoms with van der Waals surface area (Å²) in [5, 5.41) is 0. The Labute approximate surface area is 118 Å². The van der Waals surface area contributed by atoms with Gasteiger partial charge in [-0.15, -0.1) is 0 Å². The van der Waals surface area contributed by atoms with Gasteiger partial charge < -0.3 is 14.2 Å². The average molecular weight is 280 g/mol. The van der Waals surface area contributed by atoms with E-state index in [0.29, 0.717) is 19.4 Å². The third-order valence-corrected chi connectivity index (χ3v) is 2.71. The lowest BCUT2D eigenvalue weighted by Crippen LogP contribution is -2.10. The lowest BCUT2D eigenvalue weighted by atomic mass is 10.0. The van der Waals surface area contributed by atoms with Crippen LogP contribution in [0.25, 0.3) is 0 Å². The summed E-state index contributed by atoms with van der Waals surface area (Å²) in [7, 11) is 1.59. The van der Waals surface area contributed by atoms with Gasteiger partial charge in [0.25, 0.3) is 0 Å². The highest BCUT2D eigenvalue weighted by molar-refractivity contribution is 5.66. The summed E-state index contributed by atoms with van der Waals surface area (Å²) >= 11 is 0. The van der Waals surface area contributed by atoms with Gasteiger partial charge in [-0.3, -0.25) is 9.59 Å². The number of ether oxygens (including phenoxy) is 3. The second kappa shape index (κ2) is 8.19. The van der Waals surface area contributed by atoms with Gasteiger partial charge in [0.2, 0.25) is 0 Å². The van der Waals surface area contributed by atoms with Crippen molar-refractivity contribution in [2.75, 3.05) is 13.7 Å². The molecule has 1 rings (SSSR count). The maximum absolute atomic E-state index is 11.2. The molecule has 1 unspecified atom stereocenters. The van der Waals surface area contributed by atoms with Crippen molar-refractivity contribution in [2.45, 2.75) is 32.8 Å². The van der Waals surface area contributed by atoms with Gasteiger partial charge in [0.1, 0.15) is 11.9 Å². The van der Waals surface area contributed by atoms with Crippen LogP contribution in [0.5, 0.6) is 5.75 Å². The molecule has 1 atom stereocenters. The minimum absolute atomic E-state index is 0.307. The molecule has 0 aliphatic heterocycles. The minimum atomic E-state index is -0.339. The van der Waals surface area contributed by atoms with Gasteiger partial charge in [-0.2, -0.15) is 0 Å². The largest absolute Gasteiger partial charge is 0.497 e. The van der Waals surface area contributed by atoms with E-state index in [0.717, 1.165) is 11.3 Å². The lowest BCUT2D eigenvalue weighted by molar-refractivity contribution is -0.148. The number of hydrogen-bond donors (Lipinski definition) is 0. The van der Waals surface area contributed by atoms with E-state index in [9.17, 15) is 9.59 Å². The molecular formula is C15H20O5. The quantitative estimate of drug-likeness (QED) is 0.567. The Kier molecular flexibility index (Phi) is 6.56. The van der Waals surface area contributed by atoms with Gasteiger partial charge in [0.05, 0.1) is 13.7 Å². The van der Waals surface area contributed by atoms with Gasteiger partial charge in [0.15, 0.2) is 0 Å². The second-order valence-electron chi connectivity index (χ2n) is 4.35. The molecule has 20 heavy (non-hydrogen) atoms. The molecule has 0 spiro atoms. The molecule has 0 amide bonds. The van der Waals surface area contributed by atoms with Gasteiger partial charge in [0, 0.05) is 13.8 Å². The number of carbonyl (C=O) groups excluding carboxylic acids is 2. The lowest BCUT2D eigenvalue weighted by Gasteiger charge is -2.17. The van der Waals surface area contributed by atoms with E-state index in [2.05, 4.69) is 0 Å². The van der Waals surface area contributed by atoms with E-state index in [4.69, 9.17) is 14.2 Å². The summed E-state index contributed by atoms with van der Waals surface area (Å²) < 4.78 is 15.3. The molecule has 5 heteroatoms. The van der Waals surface area contributed by atoms with E-state index in [1.165, 1.54) is 13.8 Å². The average Bonchev–Trinajstić information content (AvgIpc) is 2.41. The van der Waals surface area contributed by atoms with Crippen LogP contribution in [0.1, 0.15) is 38.4 Å². The summed E-state index contributed by atoms with van der Waals surface area (Å²) in [5.74, 6) is 0.104. The Balaban J connectivity index is 2.62. The molecule has 0 aliphatic rings. The minimum Gasteiger partial charge on any atom is -0.497 e. The fourth-order valence-corrected chi connectivity index (χ4v) is 1.80. The summed E-state index contributed by atoms with van der Waals surface area (Å²) in [4.78, 5) is 21.8. The fourth-order valence-electron chi connectivity index (χ4n) is 1.80. The first kappa shape index (κ1) is 16.0. The molecule has 0 saturated carbocycles. The van der Waals surface area contributed by atoms with Crippen LogP contribution in [0.3, 0.4) is 0 Å². The van der Waals surface area contributed by atoms with Gasteiger partial charge in [-0.25, -0.2) is 0 Å². The van der Waals surface area contributed by atoms with Crippen LogP contribution in [-0.2, 0) is 19.1 Å². The van der Waals surface area contributed by atoms with E-state index in [-0.39, 0.29) is 18.0 Å². The van der Waals surface area contributed by atoms with Crippen LogP contribution < -0.4 is 4.74 Å². The molecule has 5 nitrogen and oxygen atoms in total. The van der Waals surface area contributed by atoms with Gasteiger partial charge in [-0.1, -0.05) is 12.1 Å². The van der Waals surface area contributed by atoms with E-state index in [1.54, 1.807) is 7.11 Å². The van der Waals surface area contributed by atoms with Crippen molar-refractivity contribution >= 4 is 11.9 Å². The van der Waals surface area contributed by atoms with E-state index >= 15 is 0 Å². The van der Waals surface area contributed by atoms with Gasteiger partial charge >= 0.3 is 11.9 Å². The molecule has 0 fully saturated rings. The molecule has 0 N–H and O–H groups in total. The Morgan fingerprint density at radius 2 is 1.75 bits per heavy atom. The predicted octanol–water partition coefficient (Wildman–Crippen LogP) is 2.64. The monoisotopic (exact) mass is 280 g/mol. The van der Waals surface area contributed by atoms with E-state index in [1.807, 2.05) is 24.3 Å². The highest BCUT2D eigenvalue weighted by Gasteiger charge is 2.15. The number of esters is 2. The van der Waals surface area contributed by atoms with Crippen LogP contribution >= 0.6 is 0 Å². The molecular weight excluding hydrogens is 260 g/mol. The molecule has 0 aliphatic carbocycles. The Morgan fingerprint density at radius 3 is 2.25 bits per heavy atom. The van der Waals surface area contributed by atoms with Crippen LogP contribution in [0.4, 0.5) is 0 Å². The standard InChI is InChI=1S/C15H20O5/c1-11(16)19-10-4-5-15(20-12(2)17)13-6-8-14(18-3)9-7-13/h6-9,15H,4-5,10H2,1-3H3.